The van der Waals surface area contributed by atoms with Gasteiger partial charge in [0, 0.05) is 51.3 Å². The number of nitrogens with zero attached hydrogens (tertiary/aromatic N) is 1. The van der Waals surface area contributed by atoms with Crippen LogP contribution in [0.2, 0.25) is 10.0 Å². The summed E-state index contributed by atoms with van der Waals surface area (Å²) in [6.07, 6.45) is 3.27. The number of nitrogens with one attached hydrogen (secondary N) is 2. The van der Waals surface area contributed by atoms with Crippen LogP contribution in [0.3, 0.4) is 0 Å². The Balaban J connectivity index is 1.46. The lowest BCUT2D eigenvalue weighted by Crippen LogP contribution is -2.37. The summed E-state index contributed by atoms with van der Waals surface area (Å²) < 4.78 is 26.6. The first-order chi connectivity index (χ1) is 18.0. The number of carbonyl (C=O) groups excluding carboxylic acids is 1. The number of piperidine rings is 1. The molecule has 200 valence electrons. The van der Waals surface area contributed by atoms with Crippen molar-refractivity contribution in [1.82, 2.24) is 9.88 Å². The van der Waals surface area contributed by atoms with E-state index in [-0.39, 0.29) is 32.7 Å². The number of sulfone groups is 1. The monoisotopic (exact) mass is 573 g/mol. The quantitative estimate of drug-likeness (QED) is 0.344. The Morgan fingerprint density at radius 3 is 2.58 bits per heavy atom. The van der Waals surface area contributed by atoms with E-state index in [0.29, 0.717) is 35.5 Å². The summed E-state index contributed by atoms with van der Waals surface area (Å²) >= 11 is 12.4. The normalized spacial score (nSPS) is 19.1. The molecule has 1 atom stereocenters. The Bertz CT molecular complexity index is 1540. The summed E-state index contributed by atoms with van der Waals surface area (Å²) in [5, 5.41) is 13.4. The summed E-state index contributed by atoms with van der Waals surface area (Å²) in [6, 6.07) is 9.49. The summed E-state index contributed by atoms with van der Waals surface area (Å²) in [5.74, 6) is -0.648. The van der Waals surface area contributed by atoms with Gasteiger partial charge in [0.15, 0.2) is 9.84 Å². The third-order valence-electron chi connectivity index (χ3n) is 7.31. The number of halogens is 2. The Labute approximate surface area is 232 Å². The van der Waals surface area contributed by atoms with Crippen molar-refractivity contribution in [2.45, 2.75) is 50.0 Å². The summed E-state index contributed by atoms with van der Waals surface area (Å²) in [4.78, 5) is 18.6. The maximum atomic E-state index is 13.3. The number of likely N-dealkylation sites (tertiary alicyclic amines) is 1. The van der Waals surface area contributed by atoms with Crippen LogP contribution in [0.25, 0.3) is 11.6 Å². The molecule has 0 aliphatic carbocycles. The van der Waals surface area contributed by atoms with Crippen molar-refractivity contribution in [2.24, 2.45) is 0 Å². The largest absolute Gasteiger partial charge is 0.392 e. The number of aryl methyl sites for hydroxylation is 1. The molecule has 3 N–H and O–H groups in total. The van der Waals surface area contributed by atoms with Crippen molar-refractivity contribution < 1.29 is 18.3 Å². The van der Waals surface area contributed by atoms with Crippen molar-refractivity contribution in [3.63, 3.8) is 0 Å². The van der Waals surface area contributed by atoms with Crippen molar-refractivity contribution >= 4 is 56.3 Å². The number of H-pyrrole nitrogens is 1. The molecule has 0 bridgehead atoms. The molecule has 5 rings (SSSR count). The number of aromatic amines is 1. The van der Waals surface area contributed by atoms with Gasteiger partial charge in [-0.25, -0.2) is 8.42 Å². The Hall–Kier alpha value is -2.62. The third kappa shape index (κ3) is 5.28. The van der Waals surface area contributed by atoms with Gasteiger partial charge >= 0.3 is 0 Å². The van der Waals surface area contributed by atoms with Crippen LogP contribution in [0, 0.1) is 13.8 Å². The SMILES string of the molecule is Cc1[nH]c(C=C2C(=O)Nc3ccc(S(=O)(=O)Cc4c(Cl)cccc4Cl)cc32)c(C)c1CN1CCCC(O)C1. The van der Waals surface area contributed by atoms with E-state index in [1.165, 1.54) is 12.1 Å². The molecule has 10 heteroatoms. The number of carbonyl (C=O) groups is 1. The molecule has 3 aromatic rings. The van der Waals surface area contributed by atoms with Gasteiger partial charge in [-0.2, -0.15) is 0 Å². The van der Waals surface area contributed by atoms with Gasteiger partial charge in [0.25, 0.3) is 5.91 Å². The number of rotatable bonds is 6. The van der Waals surface area contributed by atoms with E-state index in [9.17, 15) is 18.3 Å². The van der Waals surface area contributed by atoms with Crippen molar-refractivity contribution in [1.29, 1.82) is 0 Å². The first-order valence-electron chi connectivity index (χ1n) is 12.4. The van der Waals surface area contributed by atoms with Gasteiger partial charge in [-0.05, 0) is 80.8 Å². The number of hydrogen-bond acceptors (Lipinski definition) is 5. The van der Waals surface area contributed by atoms with Gasteiger partial charge in [0.2, 0.25) is 0 Å². The van der Waals surface area contributed by atoms with Gasteiger partial charge in [-0.15, -0.1) is 0 Å². The molecule has 3 heterocycles. The zero-order valence-electron chi connectivity index (χ0n) is 21.1. The zero-order chi connectivity index (χ0) is 27.2. The molecular weight excluding hydrogens is 545 g/mol. The van der Waals surface area contributed by atoms with Crippen molar-refractivity contribution in [3.8, 4) is 0 Å². The predicted octanol–water partition coefficient (Wildman–Crippen LogP) is 5.36. The molecule has 0 radical (unpaired) electrons. The highest BCUT2D eigenvalue weighted by Crippen LogP contribution is 2.37. The molecule has 1 amide bonds. The second kappa shape index (κ2) is 10.5. The highest BCUT2D eigenvalue weighted by atomic mass is 35.5. The fraction of sp³-hybridized carbons (Fsp3) is 0.321. The molecule has 2 aliphatic rings. The minimum absolute atomic E-state index is 0.0818. The third-order valence-corrected chi connectivity index (χ3v) is 9.66. The van der Waals surface area contributed by atoms with Crippen molar-refractivity contribution in [3.05, 3.63) is 80.1 Å². The van der Waals surface area contributed by atoms with E-state index in [2.05, 4.69) is 15.2 Å². The second-order valence-electron chi connectivity index (χ2n) is 9.98. The number of fused-ring (bicyclic) bond motifs is 1. The molecule has 7 nitrogen and oxygen atoms in total. The first-order valence-corrected chi connectivity index (χ1v) is 14.9. The number of benzene rings is 2. The maximum absolute atomic E-state index is 13.3. The lowest BCUT2D eigenvalue weighted by molar-refractivity contribution is -0.110. The van der Waals surface area contributed by atoms with E-state index in [4.69, 9.17) is 23.2 Å². The number of aliphatic hydroxyl groups excluding tert-OH is 1. The fourth-order valence-corrected chi connectivity index (χ4v) is 7.31. The predicted molar refractivity (Wildman–Crippen MR) is 151 cm³/mol. The highest BCUT2D eigenvalue weighted by molar-refractivity contribution is 7.90. The summed E-state index contributed by atoms with van der Waals surface area (Å²) in [5.41, 5.74) is 5.76. The molecule has 1 aromatic heterocycles. The lowest BCUT2D eigenvalue weighted by Gasteiger charge is -2.30. The standard InChI is InChI=1S/C28H29Cl2N3O4S/c1-16-22(14-33-10-4-5-18(34)13-33)17(2)31-27(16)12-21-20-11-19(8-9-26(20)32-28(21)35)38(36,37)15-23-24(29)6-3-7-25(23)30/h3,6-9,11-12,18,31,34H,4-5,10,13-15H2,1-2H3,(H,32,35). The molecule has 0 spiro atoms. The number of amides is 1. The molecule has 1 saturated heterocycles. The smallest absolute Gasteiger partial charge is 0.256 e. The van der Waals surface area contributed by atoms with Gasteiger partial charge in [-0.3, -0.25) is 9.69 Å². The van der Waals surface area contributed by atoms with E-state index >= 15 is 0 Å². The summed E-state index contributed by atoms with van der Waals surface area (Å²) in [7, 11) is -3.79. The van der Waals surface area contributed by atoms with E-state index < -0.39 is 9.84 Å². The molecular formula is C28H29Cl2N3O4S. The van der Waals surface area contributed by atoms with E-state index in [1.54, 1.807) is 30.3 Å². The Morgan fingerprint density at radius 2 is 1.87 bits per heavy atom. The second-order valence-corrected chi connectivity index (χ2v) is 12.8. The average Bonchev–Trinajstić information content (AvgIpc) is 3.31. The summed E-state index contributed by atoms with van der Waals surface area (Å²) in [6.45, 7) is 6.30. The first kappa shape index (κ1) is 27.0. The molecule has 1 fully saturated rings. The van der Waals surface area contributed by atoms with Gasteiger partial charge in [0.05, 0.1) is 22.3 Å². The van der Waals surface area contributed by atoms with E-state index in [0.717, 1.165) is 41.9 Å². The number of aromatic nitrogens is 1. The number of anilines is 1. The fourth-order valence-electron chi connectivity index (χ4n) is 5.19. The van der Waals surface area contributed by atoms with Crippen LogP contribution in [0.15, 0.2) is 41.3 Å². The highest BCUT2D eigenvalue weighted by Gasteiger charge is 2.28. The molecule has 1 unspecified atom stereocenters. The van der Waals surface area contributed by atoms with Crippen LogP contribution in [0.4, 0.5) is 5.69 Å². The van der Waals surface area contributed by atoms with Gasteiger partial charge in [0.1, 0.15) is 0 Å². The molecule has 38 heavy (non-hydrogen) atoms. The minimum Gasteiger partial charge on any atom is -0.392 e. The van der Waals surface area contributed by atoms with Crippen LogP contribution in [-0.4, -0.2) is 48.5 Å². The Morgan fingerprint density at radius 1 is 1.13 bits per heavy atom. The minimum atomic E-state index is -3.79. The zero-order valence-corrected chi connectivity index (χ0v) is 23.5. The average molecular weight is 575 g/mol. The Kier molecular flexibility index (Phi) is 7.46. The van der Waals surface area contributed by atoms with Gasteiger partial charge < -0.3 is 15.4 Å². The number of β-amino-alcohol motifs (C(OH)–C–C–N with tert-alkyl or cyclic N) is 1. The lowest BCUT2D eigenvalue weighted by atomic mass is 10.0. The molecule has 0 saturated carbocycles. The number of aliphatic hydroxyl groups is 1. The van der Waals surface area contributed by atoms with Crippen LogP contribution >= 0.6 is 23.2 Å². The van der Waals surface area contributed by atoms with Crippen LogP contribution in [-0.2, 0) is 26.9 Å². The van der Waals surface area contributed by atoms with Crippen molar-refractivity contribution in [2.75, 3.05) is 18.4 Å². The maximum Gasteiger partial charge on any atom is 0.256 e. The topological polar surface area (TPSA) is 102 Å². The van der Waals surface area contributed by atoms with Crippen LogP contribution in [0.5, 0.6) is 0 Å². The van der Waals surface area contributed by atoms with E-state index in [1.807, 2.05) is 13.8 Å². The van der Waals surface area contributed by atoms with Crippen LogP contribution < -0.4 is 5.32 Å². The van der Waals surface area contributed by atoms with Crippen LogP contribution in [0.1, 0.15) is 46.5 Å². The van der Waals surface area contributed by atoms with Gasteiger partial charge in [-0.1, -0.05) is 29.3 Å². The molecule has 2 aromatic carbocycles. The molecule has 2 aliphatic heterocycles. The number of hydrogen-bond donors (Lipinski definition) is 3.